The minimum Gasteiger partial charge on any atom is -0.481 e. The van der Waals surface area contributed by atoms with Gasteiger partial charge in [0.1, 0.15) is 0 Å². The minimum absolute atomic E-state index is 0.189. The standard InChI is InChI=1S/C15H12F3N3O4/c16-15(17,18)10-7-21(6-9(10)14(23)24)13(22)11-4-12(25-20-11)8-2-1-3-19-5-8/h1-5,9-10H,6-7H2,(H,23,24)/t9-,10-/m1/s1. The van der Waals surface area contributed by atoms with Crippen LogP contribution in [0.2, 0.25) is 0 Å². The van der Waals surface area contributed by atoms with Gasteiger partial charge in [0.05, 0.1) is 11.8 Å². The molecule has 3 rings (SSSR count). The van der Waals surface area contributed by atoms with Gasteiger partial charge in [-0.05, 0) is 12.1 Å². The molecule has 2 aromatic rings. The van der Waals surface area contributed by atoms with Crippen LogP contribution in [-0.2, 0) is 4.79 Å². The number of carbonyl (C=O) groups is 2. The van der Waals surface area contributed by atoms with Crippen molar-refractivity contribution in [3.8, 4) is 11.3 Å². The summed E-state index contributed by atoms with van der Waals surface area (Å²) in [6.07, 6.45) is -1.69. The Balaban J connectivity index is 1.80. The van der Waals surface area contributed by atoms with Gasteiger partial charge < -0.3 is 14.5 Å². The summed E-state index contributed by atoms with van der Waals surface area (Å²) < 4.78 is 44.0. The zero-order chi connectivity index (χ0) is 18.2. The zero-order valence-electron chi connectivity index (χ0n) is 12.6. The third kappa shape index (κ3) is 3.32. The van der Waals surface area contributed by atoms with Crippen LogP contribution in [0.1, 0.15) is 10.5 Å². The van der Waals surface area contributed by atoms with Crippen molar-refractivity contribution in [2.24, 2.45) is 11.8 Å². The van der Waals surface area contributed by atoms with Crippen molar-refractivity contribution in [1.82, 2.24) is 15.0 Å². The first-order chi connectivity index (χ1) is 11.8. The number of hydrogen-bond acceptors (Lipinski definition) is 5. The van der Waals surface area contributed by atoms with Gasteiger partial charge in [-0.15, -0.1) is 0 Å². The molecule has 1 N–H and O–H groups in total. The molecule has 1 saturated heterocycles. The highest BCUT2D eigenvalue weighted by Gasteiger charge is 2.53. The Bertz CT molecular complexity index is 791. The molecule has 7 nitrogen and oxygen atoms in total. The van der Waals surface area contributed by atoms with Crippen LogP contribution in [0.4, 0.5) is 13.2 Å². The molecule has 10 heteroatoms. The molecule has 0 spiro atoms. The molecule has 0 bridgehead atoms. The summed E-state index contributed by atoms with van der Waals surface area (Å²) in [6.45, 7) is -1.26. The number of alkyl halides is 3. The van der Waals surface area contributed by atoms with E-state index >= 15 is 0 Å². The third-order valence-corrected chi connectivity index (χ3v) is 4.02. The first-order valence-corrected chi connectivity index (χ1v) is 7.23. The lowest BCUT2D eigenvalue weighted by Crippen LogP contribution is -2.34. The molecule has 0 unspecified atom stereocenters. The number of likely N-dealkylation sites (tertiary alicyclic amines) is 1. The Morgan fingerprint density at radius 1 is 1.32 bits per heavy atom. The van der Waals surface area contributed by atoms with Crippen molar-refractivity contribution in [2.45, 2.75) is 6.18 Å². The monoisotopic (exact) mass is 355 g/mol. The number of hydrogen-bond donors (Lipinski definition) is 1. The van der Waals surface area contributed by atoms with Crippen molar-refractivity contribution >= 4 is 11.9 Å². The molecule has 0 aromatic carbocycles. The molecule has 0 radical (unpaired) electrons. The number of pyridine rings is 1. The van der Waals surface area contributed by atoms with Gasteiger partial charge >= 0.3 is 12.1 Å². The summed E-state index contributed by atoms with van der Waals surface area (Å²) in [6, 6.07) is 4.60. The number of carboxylic acids is 1. The summed E-state index contributed by atoms with van der Waals surface area (Å²) >= 11 is 0. The lowest BCUT2D eigenvalue weighted by atomic mass is 9.96. The Kier molecular flexibility index (Phi) is 4.19. The third-order valence-electron chi connectivity index (χ3n) is 4.02. The second-order valence-corrected chi connectivity index (χ2v) is 5.62. The Morgan fingerprint density at radius 2 is 2.08 bits per heavy atom. The van der Waals surface area contributed by atoms with Crippen LogP contribution in [0.3, 0.4) is 0 Å². The van der Waals surface area contributed by atoms with E-state index in [2.05, 4.69) is 10.1 Å². The Morgan fingerprint density at radius 3 is 2.64 bits per heavy atom. The fourth-order valence-electron chi connectivity index (χ4n) is 2.73. The van der Waals surface area contributed by atoms with Gasteiger partial charge in [0.2, 0.25) is 0 Å². The highest BCUT2D eigenvalue weighted by molar-refractivity contribution is 5.93. The average Bonchev–Trinajstić information content (AvgIpc) is 3.22. The van der Waals surface area contributed by atoms with E-state index in [1.54, 1.807) is 18.3 Å². The van der Waals surface area contributed by atoms with E-state index in [-0.39, 0.29) is 11.5 Å². The van der Waals surface area contributed by atoms with Crippen LogP contribution in [0.15, 0.2) is 35.1 Å². The van der Waals surface area contributed by atoms with Crippen molar-refractivity contribution in [3.05, 3.63) is 36.3 Å². The highest BCUT2D eigenvalue weighted by atomic mass is 19.4. The fraction of sp³-hybridized carbons (Fsp3) is 0.333. The van der Waals surface area contributed by atoms with E-state index in [1.165, 1.54) is 12.3 Å². The van der Waals surface area contributed by atoms with Gasteiger partial charge in [0.25, 0.3) is 5.91 Å². The van der Waals surface area contributed by atoms with Gasteiger partial charge in [0.15, 0.2) is 11.5 Å². The average molecular weight is 355 g/mol. The number of rotatable bonds is 3. The maximum atomic E-state index is 13.0. The quantitative estimate of drug-likeness (QED) is 0.905. The van der Waals surface area contributed by atoms with Crippen LogP contribution in [-0.4, -0.2) is 51.3 Å². The number of nitrogens with zero attached hydrogens (tertiary/aromatic N) is 3. The molecule has 3 heterocycles. The van der Waals surface area contributed by atoms with Gasteiger partial charge in [-0.3, -0.25) is 14.6 Å². The predicted molar refractivity (Wildman–Crippen MR) is 76.3 cm³/mol. The summed E-state index contributed by atoms with van der Waals surface area (Å²) in [5, 5.41) is 12.6. The highest BCUT2D eigenvalue weighted by Crippen LogP contribution is 2.38. The molecule has 2 atom stereocenters. The van der Waals surface area contributed by atoms with Crippen molar-refractivity contribution in [2.75, 3.05) is 13.1 Å². The molecule has 0 saturated carbocycles. The van der Waals surface area contributed by atoms with E-state index in [1.807, 2.05) is 0 Å². The zero-order valence-corrected chi connectivity index (χ0v) is 12.6. The van der Waals surface area contributed by atoms with Gasteiger partial charge in [-0.2, -0.15) is 13.2 Å². The lowest BCUT2D eigenvalue weighted by molar-refractivity contribution is -0.187. The minimum atomic E-state index is -4.71. The SMILES string of the molecule is O=C(O)[C@@H]1CN(C(=O)c2cc(-c3cccnc3)on2)C[C@H]1C(F)(F)F. The van der Waals surface area contributed by atoms with Crippen molar-refractivity contribution in [3.63, 3.8) is 0 Å². The molecule has 0 aliphatic carbocycles. The molecule has 2 aromatic heterocycles. The van der Waals surface area contributed by atoms with E-state index in [0.717, 1.165) is 4.90 Å². The van der Waals surface area contributed by atoms with Gasteiger partial charge in [0, 0.05) is 37.1 Å². The Hall–Kier alpha value is -2.91. The summed E-state index contributed by atoms with van der Waals surface area (Å²) in [7, 11) is 0. The van der Waals surface area contributed by atoms with E-state index < -0.39 is 43.0 Å². The smallest absolute Gasteiger partial charge is 0.394 e. The molecule has 1 amide bonds. The maximum Gasteiger partial charge on any atom is 0.394 e. The van der Waals surface area contributed by atoms with Crippen LogP contribution < -0.4 is 0 Å². The summed E-state index contributed by atoms with van der Waals surface area (Å²) in [5.74, 6) is -5.98. The molecule has 1 aliphatic heterocycles. The van der Waals surface area contributed by atoms with Crippen molar-refractivity contribution < 1.29 is 32.4 Å². The molecular formula is C15H12F3N3O4. The normalized spacial score (nSPS) is 20.7. The number of amides is 1. The molecule has 132 valence electrons. The first-order valence-electron chi connectivity index (χ1n) is 7.23. The first kappa shape index (κ1) is 16.9. The maximum absolute atomic E-state index is 13.0. The number of aromatic nitrogens is 2. The fourth-order valence-corrected chi connectivity index (χ4v) is 2.73. The topological polar surface area (TPSA) is 96.5 Å². The second kappa shape index (κ2) is 6.19. The molecule has 1 fully saturated rings. The van der Waals surface area contributed by atoms with Crippen LogP contribution in [0.25, 0.3) is 11.3 Å². The van der Waals surface area contributed by atoms with Crippen molar-refractivity contribution in [1.29, 1.82) is 0 Å². The number of carboxylic acid groups (broad SMARTS) is 1. The van der Waals surface area contributed by atoms with Gasteiger partial charge in [-0.25, -0.2) is 0 Å². The van der Waals surface area contributed by atoms with Crippen LogP contribution in [0.5, 0.6) is 0 Å². The van der Waals surface area contributed by atoms with E-state index in [9.17, 15) is 22.8 Å². The number of carbonyl (C=O) groups excluding carboxylic acids is 1. The van der Waals surface area contributed by atoms with Crippen LogP contribution in [0, 0.1) is 11.8 Å². The van der Waals surface area contributed by atoms with E-state index in [0.29, 0.717) is 5.56 Å². The van der Waals surface area contributed by atoms with Gasteiger partial charge in [-0.1, -0.05) is 5.16 Å². The lowest BCUT2D eigenvalue weighted by Gasteiger charge is -2.17. The largest absolute Gasteiger partial charge is 0.481 e. The van der Waals surface area contributed by atoms with Crippen LogP contribution >= 0.6 is 0 Å². The molecule has 25 heavy (non-hydrogen) atoms. The number of aliphatic carboxylic acids is 1. The Labute approximate surface area is 139 Å². The number of halogens is 3. The second-order valence-electron chi connectivity index (χ2n) is 5.62. The summed E-state index contributed by atoms with van der Waals surface area (Å²) in [5.41, 5.74) is 0.359. The predicted octanol–water partition coefficient (Wildman–Crippen LogP) is 2.07. The summed E-state index contributed by atoms with van der Waals surface area (Å²) in [4.78, 5) is 28.2. The molecule has 1 aliphatic rings. The molecular weight excluding hydrogens is 343 g/mol. The van der Waals surface area contributed by atoms with E-state index in [4.69, 9.17) is 9.63 Å².